The number of aromatic nitrogens is 7. The zero-order valence-electron chi connectivity index (χ0n) is 21.8. The number of pyridine rings is 3. The van der Waals surface area contributed by atoms with Gasteiger partial charge in [-0.25, -0.2) is 14.5 Å². The number of H-pyrrole nitrogens is 1. The summed E-state index contributed by atoms with van der Waals surface area (Å²) in [4.78, 5) is 24.7. The van der Waals surface area contributed by atoms with Gasteiger partial charge in [0, 0.05) is 41.6 Å². The van der Waals surface area contributed by atoms with Crippen LogP contribution in [0.15, 0.2) is 79.4 Å². The summed E-state index contributed by atoms with van der Waals surface area (Å²) in [5.74, 6) is 0.908. The van der Waals surface area contributed by atoms with Crippen LogP contribution in [0, 0.1) is 6.92 Å². The van der Waals surface area contributed by atoms with Gasteiger partial charge in [-0.1, -0.05) is 24.3 Å². The number of para-hydroxylation sites is 1. The van der Waals surface area contributed by atoms with Crippen molar-refractivity contribution in [3.8, 4) is 22.6 Å². The van der Waals surface area contributed by atoms with Gasteiger partial charge >= 0.3 is 0 Å². The lowest BCUT2D eigenvalue weighted by molar-refractivity contribution is 0.211. The van der Waals surface area contributed by atoms with Gasteiger partial charge in [0.05, 0.1) is 29.1 Å². The largest absolute Gasteiger partial charge is 0.339 e. The highest BCUT2D eigenvalue weighted by Gasteiger charge is 2.19. The van der Waals surface area contributed by atoms with Crippen LogP contribution in [0.5, 0.6) is 0 Å². The van der Waals surface area contributed by atoms with Crippen molar-refractivity contribution >= 4 is 16.6 Å². The van der Waals surface area contributed by atoms with Gasteiger partial charge in [0.25, 0.3) is 0 Å². The molecule has 0 spiro atoms. The predicted molar refractivity (Wildman–Crippen MR) is 150 cm³/mol. The summed E-state index contributed by atoms with van der Waals surface area (Å²) in [6.07, 6.45) is 6.37. The molecule has 0 unspecified atom stereocenters. The summed E-state index contributed by atoms with van der Waals surface area (Å²) in [5.41, 5.74) is 7.72. The van der Waals surface area contributed by atoms with Crippen LogP contribution < -0.4 is 0 Å². The second-order valence-electron chi connectivity index (χ2n) is 9.85. The Balaban J connectivity index is 1.32. The van der Waals surface area contributed by atoms with E-state index in [1.165, 1.54) is 10.9 Å². The molecule has 0 aliphatic heterocycles. The van der Waals surface area contributed by atoms with Crippen molar-refractivity contribution in [2.24, 2.45) is 0 Å². The van der Waals surface area contributed by atoms with E-state index < -0.39 is 0 Å². The number of benzene rings is 1. The number of hydrogen-bond donors (Lipinski definition) is 1. The van der Waals surface area contributed by atoms with Crippen LogP contribution in [0.2, 0.25) is 0 Å². The molecule has 6 aromatic rings. The lowest BCUT2D eigenvalue weighted by atomic mass is 10.1. The highest BCUT2D eigenvalue weighted by atomic mass is 15.3. The fourth-order valence-electron chi connectivity index (χ4n) is 4.88. The van der Waals surface area contributed by atoms with Crippen molar-refractivity contribution < 1.29 is 0 Å². The van der Waals surface area contributed by atoms with E-state index in [1.54, 1.807) is 10.8 Å². The van der Waals surface area contributed by atoms with E-state index in [1.807, 2.05) is 55.7 Å². The summed E-state index contributed by atoms with van der Waals surface area (Å²) in [6.45, 7) is 8.08. The second-order valence-corrected chi connectivity index (χ2v) is 9.85. The summed E-state index contributed by atoms with van der Waals surface area (Å²) in [7, 11) is 0. The Morgan fingerprint density at radius 1 is 0.947 bits per heavy atom. The minimum atomic E-state index is 0.351. The maximum absolute atomic E-state index is 5.10. The molecule has 0 amide bonds. The molecule has 0 radical (unpaired) electrons. The van der Waals surface area contributed by atoms with Gasteiger partial charge in [0.2, 0.25) is 0 Å². The number of hydrogen-bond acceptors (Lipinski definition) is 6. The van der Waals surface area contributed by atoms with Crippen molar-refractivity contribution in [2.75, 3.05) is 6.54 Å². The van der Waals surface area contributed by atoms with Gasteiger partial charge < -0.3 is 4.98 Å². The monoisotopic (exact) mass is 502 g/mol. The normalized spacial score (nSPS) is 11.8. The summed E-state index contributed by atoms with van der Waals surface area (Å²) in [6, 6.07) is 20.9. The number of aryl methyl sites for hydroxylation is 1. The minimum Gasteiger partial charge on any atom is -0.339 e. The number of nitrogens with zero attached hydrogens (tertiary/aromatic N) is 7. The molecule has 0 saturated carbocycles. The van der Waals surface area contributed by atoms with E-state index >= 15 is 0 Å². The topological polar surface area (TPSA) is 87.9 Å². The van der Waals surface area contributed by atoms with Gasteiger partial charge in [-0.2, -0.15) is 5.10 Å². The molecule has 8 heteroatoms. The molecule has 38 heavy (non-hydrogen) atoms. The average Bonchev–Trinajstić information content (AvgIpc) is 3.57. The van der Waals surface area contributed by atoms with Gasteiger partial charge in [-0.15, -0.1) is 0 Å². The van der Waals surface area contributed by atoms with Crippen LogP contribution in [0.3, 0.4) is 0 Å². The highest BCUT2D eigenvalue weighted by molar-refractivity contribution is 5.81. The Bertz CT molecular complexity index is 1710. The number of aromatic amines is 1. The first-order chi connectivity index (χ1) is 18.5. The lowest BCUT2D eigenvalue weighted by Crippen LogP contribution is -2.32. The van der Waals surface area contributed by atoms with Gasteiger partial charge in [-0.3, -0.25) is 14.9 Å². The Morgan fingerprint density at radius 3 is 2.71 bits per heavy atom. The van der Waals surface area contributed by atoms with Crippen LogP contribution in [0.1, 0.15) is 30.9 Å². The Hall–Kier alpha value is -4.43. The Kier molecular flexibility index (Phi) is 6.39. The van der Waals surface area contributed by atoms with Gasteiger partial charge in [0.1, 0.15) is 12.2 Å². The third-order valence-corrected chi connectivity index (χ3v) is 6.94. The Morgan fingerprint density at radius 2 is 1.84 bits per heavy atom. The molecule has 0 fully saturated rings. The van der Waals surface area contributed by atoms with Crippen LogP contribution in [0.25, 0.3) is 39.2 Å². The first-order valence-corrected chi connectivity index (χ1v) is 12.9. The van der Waals surface area contributed by atoms with Crippen molar-refractivity contribution in [1.82, 2.24) is 39.4 Å². The molecule has 0 aliphatic rings. The van der Waals surface area contributed by atoms with Crippen LogP contribution in [-0.4, -0.2) is 52.0 Å². The quantitative estimate of drug-likeness (QED) is 0.296. The van der Waals surface area contributed by atoms with Crippen LogP contribution >= 0.6 is 0 Å². The molecule has 0 bridgehead atoms. The number of imidazole rings is 1. The van der Waals surface area contributed by atoms with Gasteiger partial charge in [-0.05, 0) is 69.2 Å². The molecule has 190 valence electrons. The highest BCUT2D eigenvalue weighted by Crippen LogP contribution is 2.30. The standard InChI is InChI=1S/C30H30N8/c1-20(2)37(16-14-22-13-15-31-25-9-5-4-8-24(22)25)18-27-35-29(23-11-12-28-32-19-33-38(28)17-23)30(36-27)26-10-6-7-21(3)34-26/h4-13,15,17,19-20H,14,16,18H2,1-3H3,(H,35,36). The number of fused-ring (bicyclic) bond motifs is 2. The zero-order chi connectivity index (χ0) is 26.1. The van der Waals surface area contributed by atoms with E-state index in [0.717, 1.165) is 58.3 Å². The molecule has 0 aliphatic carbocycles. The van der Waals surface area contributed by atoms with E-state index in [4.69, 9.17) is 9.97 Å². The van der Waals surface area contributed by atoms with Crippen molar-refractivity contribution in [3.63, 3.8) is 0 Å². The third-order valence-electron chi connectivity index (χ3n) is 6.94. The van der Waals surface area contributed by atoms with Crippen molar-refractivity contribution in [3.05, 3.63) is 96.5 Å². The number of nitrogens with one attached hydrogen (secondary N) is 1. The molecule has 0 atom stereocenters. The molecule has 1 aromatic carbocycles. The molecular weight excluding hydrogens is 472 g/mol. The summed E-state index contributed by atoms with van der Waals surface area (Å²) in [5, 5.41) is 5.53. The smallest absolute Gasteiger partial charge is 0.155 e. The predicted octanol–water partition coefficient (Wildman–Crippen LogP) is 5.49. The molecular formula is C30H30N8. The van der Waals surface area contributed by atoms with E-state index in [2.05, 4.69) is 63.1 Å². The fourth-order valence-corrected chi connectivity index (χ4v) is 4.88. The average molecular weight is 503 g/mol. The first kappa shape index (κ1) is 23.9. The van der Waals surface area contributed by atoms with E-state index in [9.17, 15) is 0 Å². The minimum absolute atomic E-state index is 0.351. The van der Waals surface area contributed by atoms with Crippen molar-refractivity contribution in [1.29, 1.82) is 0 Å². The van der Waals surface area contributed by atoms with Crippen LogP contribution in [-0.2, 0) is 13.0 Å². The molecule has 6 rings (SSSR count). The number of rotatable bonds is 8. The third kappa shape index (κ3) is 4.78. The van der Waals surface area contributed by atoms with E-state index in [0.29, 0.717) is 12.6 Å². The maximum Gasteiger partial charge on any atom is 0.155 e. The zero-order valence-corrected chi connectivity index (χ0v) is 21.8. The molecule has 0 saturated heterocycles. The SMILES string of the molecule is Cc1cccc(-c2[nH]c(CN(CCc3ccnc4ccccc34)C(C)C)nc2-c2ccc3ncnn3c2)n1. The second kappa shape index (κ2) is 10.1. The van der Waals surface area contributed by atoms with Gasteiger partial charge in [0.15, 0.2) is 5.65 Å². The first-order valence-electron chi connectivity index (χ1n) is 12.9. The van der Waals surface area contributed by atoms with E-state index in [-0.39, 0.29) is 0 Å². The Labute approximate surface area is 221 Å². The molecule has 5 aromatic heterocycles. The molecule has 5 heterocycles. The summed E-state index contributed by atoms with van der Waals surface area (Å²) < 4.78 is 1.77. The van der Waals surface area contributed by atoms with Crippen molar-refractivity contribution in [2.45, 2.75) is 39.8 Å². The fraction of sp³-hybridized carbons (Fsp3) is 0.233. The molecule has 1 N–H and O–H groups in total. The van der Waals surface area contributed by atoms with Crippen LogP contribution in [0.4, 0.5) is 0 Å². The molecule has 8 nitrogen and oxygen atoms in total. The lowest BCUT2D eigenvalue weighted by Gasteiger charge is -2.25. The summed E-state index contributed by atoms with van der Waals surface area (Å²) >= 11 is 0. The maximum atomic E-state index is 5.10.